The minimum Gasteiger partial charge on any atom is -0.393 e. The second-order valence-electron chi connectivity index (χ2n) is 6.27. The van der Waals surface area contributed by atoms with E-state index in [-0.39, 0.29) is 24.1 Å². The molecular weight excluding hydrogens is 240 g/mol. The standard InChI is InChI=1S/C15H30N2O2/c1-11(2)17(5)15(19)12(3)16(4)10-13-8-6-7-9-14(13)18/h11-14,18H,6-10H2,1-5H3. The van der Waals surface area contributed by atoms with E-state index in [0.29, 0.717) is 5.92 Å². The van der Waals surface area contributed by atoms with E-state index in [1.165, 1.54) is 6.42 Å². The highest BCUT2D eigenvalue weighted by Crippen LogP contribution is 2.25. The summed E-state index contributed by atoms with van der Waals surface area (Å²) >= 11 is 0. The van der Waals surface area contributed by atoms with Gasteiger partial charge in [-0.15, -0.1) is 0 Å². The summed E-state index contributed by atoms with van der Waals surface area (Å²) in [6.07, 6.45) is 4.12. The molecule has 0 saturated heterocycles. The molecule has 0 spiro atoms. The number of rotatable bonds is 5. The van der Waals surface area contributed by atoms with Crippen molar-refractivity contribution in [1.82, 2.24) is 9.80 Å². The smallest absolute Gasteiger partial charge is 0.239 e. The Balaban J connectivity index is 2.52. The van der Waals surface area contributed by atoms with E-state index in [1.54, 1.807) is 4.90 Å². The van der Waals surface area contributed by atoms with Gasteiger partial charge in [0, 0.05) is 19.6 Å². The van der Waals surface area contributed by atoms with Gasteiger partial charge in [0.25, 0.3) is 0 Å². The largest absolute Gasteiger partial charge is 0.393 e. The zero-order chi connectivity index (χ0) is 14.6. The summed E-state index contributed by atoms with van der Waals surface area (Å²) in [5.74, 6) is 0.473. The van der Waals surface area contributed by atoms with E-state index in [1.807, 2.05) is 34.9 Å². The molecular formula is C15H30N2O2. The Morgan fingerprint density at radius 1 is 1.21 bits per heavy atom. The SMILES string of the molecule is CC(C(=O)N(C)C(C)C)N(C)CC1CCCCC1O. The summed E-state index contributed by atoms with van der Waals surface area (Å²) in [6, 6.07) is 0.102. The first-order chi connectivity index (χ1) is 8.84. The van der Waals surface area contributed by atoms with Crippen LogP contribution >= 0.6 is 0 Å². The van der Waals surface area contributed by atoms with E-state index in [4.69, 9.17) is 0 Å². The Labute approximate surface area is 117 Å². The van der Waals surface area contributed by atoms with Crippen LogP contribution in [0, 0.1) is 5.92 Å². The van der Waals surface area contributed by atoms with Crippen LogP contribution in [0.15, 0.2) is 0 Å². The Hall–Kier alpha value is -0.610. The molecule has 4 heteroatoms. The molecule has 1 aliphatic rings. The van der Waals surface area contributed by atoms with Gasteiger partial charge in [0.05, 0.1) is 12.1 Å². The number of hydrogen-bond donors (Lipinski definition) is 1. The third-order valence-electron chi connectivity index (χ3n) is 4.53. The predicted octanol–water partition coefficient (Wildman–Crippen LogP) is 1.72. The maximum absolute atomic E-state index is 12.3. The van der Waals surface area contributed by atoms with Crippen LogP contribution in [0.5, 0.6) is 0 Å². The van der Waals surface area contributed by atoms with E-state index in [9.17, 15) is 9.90 Å². The molecule has 0 radical (unpaired) electrons. The lowest BCUT2D eigenvalue weighted by Gasteiger charge is -2.35. The molecule has 1 rings (SSSR count). The van der Waals surface area contributed by atoms with Crippen molar-refractivity contribution >= 4 is 5.91 Å². The summed E-state index contributed by atoms with van der Waals surface area (Å²) in [5.41, 5.74) is 0. The first-order valence-electron chi connectivity index (χ1n) is 7.49. The first kappa shape index (κ1) is 16.4. The van der Waals surface area contributed by atoms with Gasteiger partial charge in [-0.2, -0.15) is 0 Å². The van der Waals surface area contributed by atoms with Crippen LogP contribution in [-0.4, -0.2) is 59.6 Å². The fourth-order valence-corrected chi connectivity index (χ4v) is 2.67. The maximum atomic E-state index is 12.3. The second-order valence-corrected chi connectivity index (χ2v) is 6.27. The fourth-order valence-electron chi connectivity index (χ4n) is 2.67. The lowest BCUT2D eigenvalue weighted by atomic mass is 9.86. The molecule has 1 saturated carbocycles. The van der Waals surface area contributed by atoms with Gasteiger partial charge in [-0.25, -0.2) is 0 Å². The molecule has 0 heterocycles. The van der Waals surface area contributed by atoms with Crippen molar-refractivity contribution in [3.63, 3.8) is 0 Å². The monoisotopic (exact) mass is 270 g/mol. The number of likely N-dealkylation sites (N-methyl/N-ethyl adjacent to an activating group) is 2. The summed E-state index contributed by atoms with van der Waals surface area (Å²) in [6.45, 7) is 6.81. The lowest BCUT2D eigenvalue weighted by molar-refractivity contribution is -0.136. The molecule has 19 heavy (non-hydrogen) atoms. The van der Waals surface area contributed by atoms with Crippen LogP contribution in [0.3, 0.4) is 0 Å². The summed E-state index contributed by atoms with van der Waals surface area (Å²) in [5, 5.41) is 10.0. The summed E-state index contributed by atoms with van der Waals surface area (Å²) in [7, 11) is 3.84. The van der Waals surface area contributed by atoms with Gasteiger partial charge in [0.1, 0.15) is 0 Å². The average Bonchev–Trinajstić information content (AvgIpc) is 2.38. The average molecular weight is 270 g/mol. The minimum absolute atomic E-state index is 0.124. The number of carbonyl (C=O) groups excluding carboxylic acids is 1. The quantitative estimate of drug-likeness (QED) is 0.827. The van der Waals surface area contributed by atoms with Crippen LogP contribution < -0.4 is 0 Å². The molecule has 0 aromatic heterocycles. The molecule has 1 fully saturated rings. The highest BCUT2D eigenvalue weighted by atomic mass is 16.3. The van der Waals surface area contributed by atoms with Crippen molar-refractivity contribution in [3.05, 3.63) is 0 Å². The molecule has 0 aliphatic heterocycles. The Morgan fingerprint density at radius 2 is 1.79 bits per heavy atom. The van der Waals surface area contributed by atoms with Crippen molar-refractivity contribution in [1.29, 1.82) is 0 Å². The van der Waals surface area contributed by atoms with Crippen molar-refractivity contribution in [2.24, 2.45) is 5.92 Å². The van der Waals surface area contributed by atoms with Crippen LogP contribution in [0.2, 0.25) is 0 Å². The van der Waals surface area contributed by atoms with Crippen molar-refractivity contribution in [3.8, 4) is 0 Å². The first-order valence-corrected chi connectivity index (χ1v) is 7.49. The van der Waals surface area contributed by atoms with Crippen molar-refractivity contribution < 1.29 is 9.90 Å². The Morgan fingerprint density at radius 3 is 2.32 bits per heavy atom. The third-order valence-corrected chi connectivity index (χ3v) is 4.53. The lowest BCUT2D eigenvalue weighted by Crippen LogP contribution is -2.48. The Bertz CT molecular complexity index is 294. The molecule has 0 aromatic carbocycles. The van der Waals surface area contributed by atoms with Crippen LogP contribution in [0.25, 0.3) is 0 Å². The van der Waals surface area contributed by atoms with Crippen molar-refractivity contribution in [2.45, 2.75) is 64.6 Å². The fraction of sp³-hybridized carbons (Fsp3) is 0.933. The number of aliphatic hydroxyl groups excluding tert-OH is 1. The predicted molar refractivity (Wildman–Crippen MR) is 78.0 cm³/mol. The van der Waals surface area contributed by atoms with Gasteiger partial charge >= 0.3 is 0 Å². The maximum Gasteiger partial charge on any atom is 0.239 e. The third kappa shape index (κ3) is 4.46. The van der Waals surface area contributed by atoms with Gasteiger partial charge in [0.2, 0.25) is 5.91 Å². The zero-order valence-corrected chi connectivity index (χ0v) is 13.1. The molecule has 112 valence electrons. The molecule has 0 aromatic rings. The molecule has 1 aliphatic carbocycles. The van der Waals surface area contributed by atoms with E-state index < -0.39 is 0 Å². The number of hydrogen-bond acceptors (Lipinski definition) is 3. The van der Waals surface area contributed by atoms with Crippen molar-refractivity contribution in [2.75, 3.05) is 20.6 Å². The van der Waals surface area contributed by atoms with E-state index in [2.05, 4.69) is 4.90 Å². The van der Waals surface area contributed by atoms with Crippen LogP contribution in [0.4, 0.5) is 0 Å². The topological polar surface area (TPSA) is 43.8 Å². The number of amides is 1. The number of nitrogens with zero attached hydrogens (tertiary/aromatic N) is 2. The molecule has 3 unspecified atom stereocenters. The van der Waals surface area contributed by atoms with E-state index in [0.717, 1.165) is 25.8 Å². The highest BCUT2D eigenvalue weighted by molar-refractivity contribution is 5.81. The van der Waals surface area contributed by atoms with Gasteiger partial charge in [-0.05, 0) is 46.6 Å². The summed E-state index contributed by atoms with van der Waals surface area (Å²) in [4.78, 5) is 16.1. The van der Waals surface area contributed by atoms with Gasteiger partial charge in [0.15, 0.2) is 0 Å². The van der Waals surface area contributed by atoms with Crippen LogP contribution in [-0.2, 0) is 4.79 Å². The summed E-state index contributed by atoms with van der Waals surface area (Å²) < 4.78 is 0. The minimum atomic E-state index is -0.193. The molecule has 3 atom stereocenters. The molecule has 0 bridgehead atoms. The molecule has 4 nitrogen and oxygen atoms in total. The normalized spacial score (nSPS) is 25.7. The Kier molecular flexibility index (Phi) is 6.27. The molecule has 1 N–H and O–H groups in total. The highest BCUT2D eigenvalue weighted by Gasteiger charge is 2.28. The number of carbonyl (C=O) groups is 1. The second kappa shape index (κ2) is 7.25. The van der Waals surface area contributed by atoms with Gasteiger partial charge < -0.3 is 10.0 Å². The van der Waals surface area contributed by atoms with Gasteiger partial charge in [-0.1, -0.05) is 12.8 Å². The van der Waals surface area contributed by atoms with Gasteiger partial charge in [-0.3, -0.25) is 9.69 Å². The van der Waals surface area contributed by atoms with E-state index >= 15 is 0 Å². The molecule has 1 amide bonds. The van der Waals surface area contributed by atoms with Crippen LogP contribution in [0.1, 0.15) is 46.5 Å². The zero-order valence-electron chi connectivity index (χ0n) is 13.1. The number of aliphatic hydroxyl groups is 1.